The number of halogens is 1. The second-order valence-corrected chi connectivity index (χ2v) is 3.60. The van der Waals surface area contributed by atoms with Gasteiger partial charge in [-0.05, 0) is 26.0 Å². The van der Waals surface area contributed by atoms with Gasteiger partial charge in [0.05, 0.1) is 12.3 Å². The molecule has 0 aliphatic carbocycles. The number of esters is 1. The summed E-state index contributed by atoms with van der Waals surface area (Å²) in [7, 11) is 0. The highest BCUT2D eigenvalue weighted by atomic mass is 19.1. The van der Waals surface area contributed by atoms with Gasteiger partial charge in [-0.15, -0.1) is 0 Å². The van der Waals surface area contributed by atoms with Gasteiger partial charge in [-0.2, -0.15) is 5.10 Å². The molecule has 5 nitrogen and oxygen atoms in total. The highest BCUT2D eigenvalue weighted by Crippen LogP contribution is 2.13. The molecule has 0 bridgehead atoms. The number of carbonyl (C=O) groups excluding carboxylic acids is 1. The van der Waals surface area contributed by atoms with E-state index in [1.165, 1.54) is 29.2 Å². The fourth-order valence-electron chi connectivity index (χ4n) is 1.52. The molecule has 2 heterocycles. The molecule has 0 atom stereocenters. The fourth-order valence-corrected chi connectivity index (χ4v) is 1.52. The lowest BCUT2D eigenvalue weighted by atomic mass is 10.3. The van der Waals surface area contributed by atoms with E-state index in [9.17, 15) is 9.18 Å². The minimum Gasteiger partial charge on any atom is -0.462 e. The average Bonchev–Trinajstić information content (AvgIpc) is 2.72. The van der Waals surface area contributed by atoms with Crippen LogP contribution in [-0.2, 0) is 4.74 Å². The lowest BCUT2D eigenvalue weighted by molar-refractivity contribution is 0.0525. The summed E-state index contributed by atoms with van der Waals surface area (Å²) in [6.45, 7) is 3.65. The van der Waals surface area contributed by atoms with Crippen LogP contribution in [0.25, 0.3) is 5.82 Å². The number of aromatic nitrogens is 3. The Morgan fingerprint density at radius 3 is 3.00 bits per heavy atom. The van der Waals surface area contributed by atoms with Crippen LogP contribution in [0.3, 0.4) is 0 Å². The summed E-state index contributed by atoms with van der Waals surface area (Å²) in [4.78, 5) is 15.5. The number of aryl methyl sites for hydroxylation is 1. The molecule has 0 spiro atoms. The van der Waals surface area contributed by atoms with Crippen molar-refractivity contribution >= 4 is 5.97 Å². The second kappa shape index (κ2) is 4.95. The number of pyridine rings is 1. The molecule has 0 radical (unpaired) electrons. The summed E-state index contributed by atoms with van der Waals surface area (Å²) in [6, 6.07) is 2.77. The Hall–Kier alpha value is -2.24. The summed E-state index contributed by atoms with van der Waals surface area (Å²) in [5, 5.41) is 4.06. The van der Waals surface area contributed by atoms with E-state index in [2.05, 4.69) is 10.1 Å². The van der Waals surface area contributed by atoms with E-state index in [4.69, 9.17) is 4.74 Å². The molecule has 0 fully saturated rings. The van der Waals surface area contributed by atoms with Crippen LogP contribution in [0.2, 0.25) is 0 Å². The average molecular weight is 249 g/mol. The van der Waals surface area contributed by atoms with Crippen LogP contribution >= 0.6 is 0 Å². The van der Waals surface area contributed by atoms with Crippen molar-refractivity contribution in [1.29, 1.82) is 0 Å². The van der Waals surface area contributed by atoms with Crippen molar-refractivity contribution in [2.75, 3.05) is 6.61 Å². The zero-order valence-corrected chi connectivity index (χ0v) is 10.1. The fraction of sp³-hybridized carbons (Fsp3) is 0.250. The van der Waals surface area contributed by atoms with Crippen molar-refractivity contribution in [3.8, 4) is 5.82 Å². The molecule has 0 aliphatic heterocycles. The van der Waals surface area contributed by atoms with E-state index in [0.29, 0.717) is 11.3 Å². The number of carbonyl (C=O) groups is 1. The first-order valence-electron chi connectivity index (χ1n) is 5.47. The van der Waals surface area contributed by atoms with Gasteiger partial charge < -0.3 is 4.74 Å². The Morgan fingerprint density at radius 2 is 2.33 bits per heavy atom. The van der Waals surface area contributed by atoms with Crippen molar-refractivity contribution < 1.29 is 13.9 Å². The van der Waals surface area contributed by atoms with Gasteiger partial charge in [-0.3, -0.25) is 0 Å². The van der Waals surface area contributed by atoms with Gasteiger partial charge in [0.2, 0.25) is 0 Å². The molecule has 2 aromatic heterocycles. The maximum Gasteiger partial charge on any atom is 0.341 e. The van der Waals surface area contributed by atoms with Crippen molar-refractivity contribution in [1.82, 2.24) is 14.8 Å². The van der Waals surface area contributed by atoms with Crippen LogP contribution in [0, 0.1) is 12.7 Å². The number of rotatable bonds is 3. The van der Waals surface area contributed by atoms with Crippen molar-refractivity contribution in [3.63, 3.8) is 0 Å². The van der Waals surface area contributed by atoms with Crippen LogP contribution in [0.15, 0.2) is 24.5 Å². The Morgan fingerprint density at radius 1 is 1.56 bits per heavy atom. The van der Waals surface area contributed by atoms with Gasteiger partial charge in [0, 0.05) is 12.4 Å². The third kappa shape index (κ3) is 2.22. The normalized spacial score (nSPS) is 10.4. The monoisotopic (exact) mass is 249 g/mol. The molecule has 0 aromatic carbocycles. The van der Waals surface area contributed by atoms with Crippen molar-refractivity contribution in [2.24, 2.45) is 0 Å². The van der Waals surface area contributed by atoms with Gasteiger partial charge in [0.25, 0.3) is 0 Å². The molecule has 2 rings (SSSR count). The molecule has 6 heteroatoms. The molecule has 18 heavy (non-hydrogen) atoms. The Kier molecular flexibility index (Phi) is 3.36. The Labute approximate surface area is 103 Å². The van der Waals surface area contributed by atoms with Crippen LogP contribution < -0.4 is 0 Å². The van der Waals surface area contributed by atoms with E-state index < -0.39 is 11.8 Å². The summed E-state index contributed by atoms with van der Waals surface area (Å²) < 4.78 is 19.6. The molecular weight excluding hydrogens is 237 g/mol. The molecular formula is C12H12FN3O2. The van der Waals surface area contributed by atoms with Crippen LogP contribution in [0.1, 0.15) is 23.0 Å². The van der Waals surface area contributed by atoms with Gasteiger partial charge >= 0.3 is 5.97 Å². The smallest absolute Gasteiger partial charge is 0.341 e. The van der Waals surface area contributed by atoms with E-state index in [1.807, 2.05) is 0 Å². The lowest BCUT2D eigenvalue weighted by Crippen LogP contribution is -2.05. The summed E-state index contributed by atoms with van der Waals surface area (Å²) >= 11 is 0. The molecule has 0 unspecified atom stereocenters. The molecule has 0 amide bonds. The molecule has 0 aliphatic rings. The van der Waals surface area contributed by atoms with Gasteiger partial charge in [0.15, 0.2) is 11.6 Å². The summed E-state index contributed by atoms with van der Waals surface area (Å²) in [5.74, 6) is -0.927. The highest BCUT2D eigenvalue weighted by molar-refractivity contribution is 5.90. The van der Waals surface area contributed by atoms with E-state index in [1.54, 1.807) is 13.8 Å². The van der Waals surface area contributed by atoms with Crippen LogP contribution in [0.4, 0.5) is 4.39 Å². The minimum atomic E-state index is -0.504. The van der Waals surface area contributed by atoms with Gasteiger partial charge in [-0.1, -0.05) is 0 Å². The summed E-state index contributed by atoms with van der Waals surface area (Å²) in [6.07, 6.45) is 2.87. The first-order chi connectivity index (χ1) is 8.63. The SMILES string of the molecule is CCOC(=O)c1cn(-c2ncccc2F)nc1C. The second-order valence-electron chi connectivity index (χ2n) is 3.60. The highest BCUT2D eigenvalue weighted by Gasteiger charge is 2.16. The maximum absolute atomic E-state index is 13.5. The lowest BCUT2D eigenvalue weighted by Gasteiger charge is -2.00. The predicted octanol–water partition coefficient (Wildman–Crippen LogP) is 1.89. The quantitative estimate of drug-likeness (QED) is 0.779. The third-order valence-electron chi connectivity index (χ3n) is 2.35. The largest absolute Gasteiger partial charge is 0.462 e. The molecule has 0 N–H and O–H groups in total. The van der Waals surface area contributed by atoms with Crippen LogP contribution in [0.5, 0.6) is 0 Å². The topological polar surface area (TPSA) is 57.0 Å². The molecule has 2 aromatic rings. The predicted molar refractivity (Wildman–Crippen MR) is 62.0 cm³/mol. The third-order valence-corrected chi connectivity index (χ3v) is 2.35. The Balaban J connectivity index is 2.41. The number of hydrogen-bond donors (Lipinski definition) is 0. The van der Waals surface area contributed by atoms with Crippen molar-refractivity contribution in [3.05, 3.63) is 41.6 Å². The number of nitrogens with zero attached hydrogens (tertiary/aromatic N) is 3. The number of hydrogen-bond acceptors (Lipinski definition) is 4. The van der Waals surface area contributed by atoms with E-state index >= 15 is 0 Å². The number of ether oxygens (including phenoxy) is 1. The minimum absolute atomic E-state index is 0.0520. The van der Waals surface area contributed by atoms with Crippen LogP contribution in [-0.4, -0.2) is 27.3 Å². The zero-order valence-electron chi connectivity index (χ0n) is 10.1. The Bertz CT molecular complexity index is 580. The molecule has 94 valence electrons. The first-order valence-corrected chi connectivity index (χ1v) is 5.47. The molecule has 0 saturated carbocycles. The van der Waals surface area contributed by atoms with E-state index in [0.717, 1.165) is 0 Å². The standard InChI is InChI=1S/C12H12FN3O2/c1-3-18-12(17)9-7-16(15-8(9)2)11-10(13)5-4-6-14-11/h4-7H,3H2,1-2H3. The summed E-state index contributed by atoms with van der Waals surface area (Å²) in [5.41, 5.74) is 0.778. The van der Waals surface area contributed by atoms with Gasteiger partial charge in [0.1, 0.15) is 5.56 Å². The molecule has 0 saturated heterocycles. The first kappa shape index (κ1) is 12.2. The maximum atomic E-state index is 13.5. The van der Waals surface area contributed by atoms with Crippen molar-refractivity contribution in [2.45, 2.75) is 13.8 Å². The van der Waals surface area contributed by atoms with Gasteiger partial charge in [-0.25, -0.2) is 18.9 Å². The zero-order chi connectivity index (χ0) is 13.1. The van der Waals surface area contributed by atoms with E-state index in [-0.39, 0.29) is 12.4 Å².